The van der Waals surface area contributed by atoms with Gasteiger partial charge >= 0.3 is 0 Å². The van der Waals surface area contributed by atoms with Crippen molar-refractivity contribution in [3.05, 3.63) is 82.7 Å². The number of thiazole rings is 1. The summed E-state index contributed by atoms with van der Waals surface area (Å²) in [5.41, 5.74) is 4.14. The predicted octanol–water partition coefficient (Wildman–Crippen LogP) is 6.84. The molecule has 1 N–H and O–H groups in total. The van der Waals surface area contributed by atoms with Crippen LogP contribution in [-0.2, 0) is 13.0 Å². The Labute approximate surface area is 206 Å². The molecule has 5 aromatic rings. The second-order valence-electron chi connectivity index (χ2n) is 8.16. The monoisotopic (exact) mass is 491 g/mol. The van der Waals surface area contributed by atoms with Crippen molar-refractivity contribution in [2.75, 3.05) is 18.9 Å². The molecule has 1 amide bonds. The summed E-state index contributed by atoms with van der Waals surface area (Å²) in [6.07, 6.45) is 0.970. The van der Waals surface area contributed by atoms with Crippen molar-refractivity contribution >= 4 is 67.0 Å². The highest BCUT2D eigenvalue weighted by Gasteiger charge is 2.27. The smallest absolute Gasteiger partial charge is 0.256 e. The Morgan fingerprint density at radius 2 is 1.79 bits per heavy atom. The molecular weight excluding hydrogens is 470 g/mol. The van der Waals surface area contributed by atoms with Crippen molar-refractivity contribution in [1.82, 2.24) is 9.88 Å². The van der Waals surface area contributed by atoms with Gasteiger partial charge in [0.05, 0.1) is 10.2 Å². The molecule has 0 saturated heterocycles. The number of carbonyl (C=O) groups excluding carboxylic acids is 1. The maximum atomic E-state index is 13.4. The van der Waals surface area contributed by atoms with Crippen molar-refractivity contribution in [2.24, 2.45) is 0 Å². The van der Waals surface area contributed by atoms with Crippen LogP contribution in [0.2, 0.25) is 0 Å². The van der Waals surface area contributed by atoms with Gasteiger partial charge in [-0.25, -0.2) is 4.98 Å². The van der Waals surface area contributed by atoms with E-state index in [0.29, 0.717) is 5.56 Å². The van der Waals surface area contributed by atoms with Crippen LogP contribution in [0.5, 0.6) is 0 Å². The molecule has 0 atom stereocenters. The molecular formula is C26H22ClN3OS2. The number of nitrogens with zero attached hydrogens (tertiary/aromatic N) is 2. The third-order valence-corrected chi connectivity index (χ3v) is 8.20. The van der Waals surface area contributed by atoms with Crippen LogP contribution in [0.15, 0.2) is 66.7 Å². The summed E-state index contributed by atoms with van der Waals surface area (Å²) in [5.74, 6) is -0.0730. The number of anilines is 1. The fourth-order valence-electron chi connectivity index (χ4n) is 4.42. The van der Waals surface area contributed by atoms with Gasteiger partial charge in [0.25, 0.3) is 5.91 Å². The molecule has 7 heteroatoms. The molecule has 0 spiro atoms. The third kappa shape index (κ3) is 3.93. The Morgan fingerprint density at radius 3 is 2.67 bits per heavy atom. The average Bonchev–Trinajstić information content (AvgIpc) is 3.38. The second-order valence-corrected chi connectivity index (χ2v) is 10.3. The van der Waals surface area contributed by atoms with Crippen LogP contribution in [0.25, 0.3) is 31.6 Å². The van der Waals surface area contributed by atoms with Crippen LogP contribution < -0.4 is 5.32 Å². The molecule has 166 valence electrons. The number of carbonyl (C=O) groups is 1. The van der Waals surface area contributed by atoms with Gasteiger partial charge in [-0.3, -0.25) is 4.79 Å². The molecule has 0 unspecified atom stereocenters. The van der Waals surface area contributed by atoms with Crippen molar-refractivity contribution in [2.45, 2.75) is 13.0 Å². The number of fused-ring (bicyclic) bond motifs is 3. The third-order valence-electron chi connectivity index (χ3n) is 6.02. The molecule has 0 saturated carbocycles. The Morgan fingerprint density at radius 1 is 1.00 bits per heavy atom. The largest absolute Gasteiger partial charge is 0.313 e. The van der Waals surface area contributed by atoms with Gasteiger partial charge in [0.2, 0.25) is 0 Å². The lowest BCUT2D eigenvalue weighted by atomic mass is 10.0. The standard InChI is InChI=1S/C26H21N3OS2.ClH/c1-29-14-13-19-22(15-29)32-26(23(19)25-27-20-11-4-5-12-21(20)31-25)28-24(30)18-10-6-8-16-7-2-3-9-17(16)18;/h2-12H,13-15H2,1H3,(H,28,30);1H. The van der Waals surface area contributed by atoms with Crippen molar-refractivity contribution in [3.8, 4) is 10.6 Å². The SMILES string of the molecule is CN1CCc2c(sc(NC(=O)c3cccc4ccccc34)c2-c2nc3ccccc3s2)C1.Cl. The van der Waals surface area contributed by atoms with Crippen LogP contribution in [0, 0.1) is 0 Å². The lowest BCUT2D eigenvalue weighted by Gasteiger charge is -2.22. The van der Waals surface area contributed by atoms with E-state index in [4.69, 9.17) is 4.98 Å². The summed E-state index contributed by atoms with van der Waals surface area (Å²) in [4.78, 5) is 22.0. The summed E-state index contributed by atoms with van der Waals surface area (Å²) in [7, 11) is 2.15. The number of benzene rings is 3. The molecule has 0 radical (unpaired) electrons. The first-order valence-electron chi connectivity index (χ1n) is 10.7. The van der Waals surface area contributed by atoms with Crippen molar-refractivity contribution in [3.63, 3.8) is 0 Å². The van der Waals surface area contributed by atoms with Crippen LogP contribution in [0.4, 0.5) is 5.00 Å². The Bertz CT molecular complexity index is 1450. The molecule has 3 aromatic carbocycles. The molecule has 0 fully saturated rings. The highest BCUT2D eigenvalue weighted by atomic mass is 35.5. The summed E-state index contributed by atoms with van der Waals surface area (Å²) in [6.45, 7) is 1.92. The fraction of sp³-hybridized carbons (Fsp3) is 0.154. The molecule has 1 aliphatic rings. The van der Waals surface area contributed by atoms with Crippen LogP contribution >= 0.6 is 35.1 Å². The number of halogens is 1. The zero-order chi connectivity index (χ0) is 21.7. The van der Waals surface area contributed by atoms with Crippen molar-refractivity contribution in [1.29, 1.82) is 0 Å². The van der Waals surface area contributed by atoms with Gasteiger partial charge in [-0.2, -0.15) is 0 Å². The molecule has 0 aliphatic carbocycles. The molecule has 0 bridgehead atoms. The van der Waals surface area contributed by atoms with Crippen molar-refractivity contribution < 1.29 is 4.79 Å². The van der Waals surface area contributed by atoms with E-state index in [1.165, 1.54) is 15.1 Å². The number of likely N-dealkylation sites (N-methyl/N-ethyl adjacent to an activating group) is 1. The van der Waals surface area contributed by atoms with E-state index < -0.39 is 0 Å². The van der Waals surface area contributed by atoms with Crippen LogP contribution in [0.1, 0.15) is 20.8 Å². The summed E-state index contributed by atoms with van der Waals surface area (Å²) in [5, 5.41) is 7.19. The van der Waals surface area contributed by atoms with E-state index in [0.717, 1.165) is 51.4 Å². The van der Waals surface area contributed by atoms with E-state index in [9.17, 15) is 4.79 Å². The first-order chi connectivity index (χ1) is 15.7. The number of thiophene rings is 1. The first-order valence-corrected chi connectivity index (χ1v) is 12.3. The Balaban J connectivity index is 0.00000228. The highest BCUT2D eigenvalue weighted by Crippen LogP contribution is 2.45. The number of rotatable bonds is 3. The van der Waals surface area contributed by atoms with Gasteiger partial charge in [-0.1, -0.05) is 48.5 Å². The van der Waals surface area contributed by atoms with Gasteiger partial charge in [0.15, 0.2) is 0 Å². The van der Waals surface area contributed by atoms with E-state index in [1.54, 1.807) is 22.7 Å². The molecule has 6 rings (SSSR count). The minimum absolute atomic E-state index is 0. The maximum Gasteiger partial charge on any atom is 0.256 e. The fourth-order valence-corrected chi connectivity index (χ4v) is 6.85. The van der Waals surface area contributed by atoms with E-state index >= 15 is 0 Å². The normalized spacial score (nSPS) is 13.6. The van der Waals surface area contributed by atoms with E-state index in [1.807, 2.05) is 54.6 Å². The lowest BCUT2D eigenvalue weighted by molar-refractivity contribution is 0.102. The van der Waals surface area contributed by atoms with E-state index in [2.05, 4.69) is 29.4 Å². The highest BCUT2D eigenvalue weighted by molar-refractivity contribution is 7.23. The quantitative estimate of drug-likeness (QED) is 0.300. The average molecular weight is 492 g/mol. The number of aromatic nitrogens is 1. The topological polar surface area (TPSA) is 45.2 Å². The number of hydrogen-bond acceptors (Lipinski definition) is 5. The van der Waals surface area contributed by atoms with Gasteiger partial charge in [0.1, 0.15) is 10.0 Å². The maximum absolute atomic E-state index is 13.4. The number of amides is 1. The number of hydrogen-bond donors (Lipinski definition) is 1. The molecule has 33 heavy (non-hydrogen) atoms. The van der Waals surface area contributed by atoms with Gasteiger partial charge < -0.3 is 10.2 Å². The van der Waals surface area contributed by atoms with Gasteiger partial charge in [-0.15, -0.1) is 35.1 Å². The van der Waals surface area contributed by atoms with Crippen LogP contribution in [-0.4, -0.2) is 29.4 Å². The lowest BCUT2D eigenvalue weighted by Crippen LogP contribution is -2.25. The molecule has 3 heterocycles. The summed E-state index contributed by atoms with van der Waals surface area (Å²) >= 11 is 3.39. The predicted molar refractivity (Wildman–Crippen MR) is 142 cm³/mol. The zero-order valence-electron chi connectivity index (χ0n) is 18.0. The minimum Gasteiger partial charge on any atom is -0.313 e. The van der Waals surface area contributed by atoms with Gasteiger partial charge in [0, 0.05) is 29.1 Å². The van der Waals surface area contributed by atoms with Crippen LogP contribution in [0.3, 0.4) is 0 Å². The number of nitrogens with one attached hydrogen (secondary N) is 1. The number of para-hydroxylation sites is 1. The first kappa shape index (κ1) is 22.0. The summed E-state index contributed by atoms with van der Waals surface area (Å²) < 4.78 is 1.17. The molecule has 2 aromatic heterocycles. The second kappa shape index (κ2) is 8.88. The molecule has 1 aliphatic heterocycles. The summed E-state index contributed by atoms with van der Waals surface area (Å²) in [6, 6.07) is 22.1. The Kier molecular flexibility index (Phi) is 5.93. The Hall–Kier alpha value is -2.77. The molecule has 4 nitrogen and oxygen atoms in total. The minimum atomic E-state index is -0.0730. The van der Waals surface area contributed by atoms with E-state index in [-0.39, 0.29) is 18.3 Å². The van der Waals surface area contributed by atoms with Gasteiger partial charge in [-0.05, 0) is 48.0 Å². The zero-order valence-corrected chi connectivity index (χ0v) is 20.4.